The van der Waals surface area contributed by atoms with Gasteiger partial charge in [0.1, 0.15) is 5.65 Å². The van der Waals surface area contributed by atoms with Gasteiger partial charge in [0.15, 0.2) is 0 Å². The number of anilines is 1. The minimum Gasteiger partial charge on any atom is -0.465 e. The molecule has 0 aliphatic carbocycles. The second-order valence-electron chi connectivity index (χ2n) is 5.37. The lowest BCUT2D eigenvalue weighted by Crippen LogP contribution is -2.18. The number of nitrogens with one attached hydrogen (secondary N) is 1. The second kappa shape index (κ2) is 6.54. The van der Waals surface area contributed by atoms with Gasteiger partial charge in [-0.2, -0.15) is 0 Å². The van der Waals surface area contributed by atoms with Gasteiger partial charge in [-0.1, -0.05) is 6.07 Å². The molecule has 2 heterocycles. The Morgan fingerprint density at radius 2 is 1.96 bits per heavy atom. The summed E-state index contributed by atoms with van der Waals surface area (Å²) in [7, 11) is 1.35. The number of esters is 1. The zero-order valence-electron chi connectivity index (χ0n) is 13.4. The smallest absolute Gasteiger partial charge is 0.337 e. The number of aromatic nitrogens is 2. The van der Waals surface area contributed by atoms with E-state index in [1.54, 1.807) is 28.7 Å². The van der Waals surface area contributed by atoms with E-state index in [2.05, 4.69) is 15.0 Å². The average molecular weight is 323 g/mol. The van der Waals surface area contributed by atoms with Gasteiger partial charge in [0.25, 0.3) is 5.56 Å². The van der Waals surface area contributed by atoms with Crippen LogP contribution < -0.4 is 10.9 Å². The summed E-state index contributed by atoms with van der Waals surface area (Å²) in [6.45, 7) is 2.29. The average Bonchev–Trinajstić information content (AvgIpc) is 2.59. The van der Waals surface area contributed by atoms with Gasteiger partial charge in [-0.15, -0.1) is 0 Å². The molecule has 122 valence electrons. The molecule has 0 fully saturated rings. The minimum absolute atomic E-state index is 0.101. The predicted molar refractivity (Wildman–Crippen MR) is 91.3 cm³/mol. The Morgan fingerprint density at radius 1 is 1.21 bits per heavy atom. The van der Waals surface area contributed by atoms with Crippen LogP contribution in [0.25, 0.3) is 5.65 Å². The predicted octanol–water partition coefficient (Wildman–Crippen LogP) is 2.40. The van der Waals surface area contributed by atoms with Gasteiger partial charge < -0.3 is 10.1 Å². The van der Waals surface area contributed by atoms with Crippen LogP contribution in [-0.4, -0.2) is 22.5 Å². The van der Waals surface area contributed by atoms with Gasteiger partial charge in [-0.25, -0.2) is 9.78 Å². The van der Waals surface area contributed by atoms with Crippen molar-refractivity contribution in [2.24, 2.45) is 0 Å². The molecule has 0 saturated carbocycles. The molecular formula is C18H17N3O3. The van der Waals surface area contributed by atoms with Crippen molar-refractivity contribution >= 4 is 17.3 Å². The summed E-state index contributed by atoms with van der Waals surface area (Å²) < 4.78 is 6.24. The van der Waals surface area contributed by atoms with E-state index in [0.29, 0.717) is 23.4 Å². The number of fused-ring (bicyclic) bond motifs is 1. The van der Waals surface area contributed by atoms with Gasteiger partial charge in [0, 0.05) is 17.4 Å². The van der Waals surface area contributed by atoms with E-state index >= 15 is 0 Å². The molecular weight excluding hydrogens is 306 g/mol. The maximum Gasteiger partial charge on any atom is 0.337 e. The zero-order chi connectivity index (χ0) is 17.1. The summed E-state index contributed by atoms with van der Waals surface area (Å²) in [5.74, 6) is -0.374. The highest BCUT2D eigenvalue weighted by molar-refractivity contribution is 5.89. The molecule has 6 heteroatoms. The van der Waals surface area contributed by atoms with Crippen LogP contribution in [0.2, 0.25) is 0 Å². The number of hydrogen-bond acceptors (Lipinski definition) is 5. The number of pyridine rings is 1. The number of aryl methyl sites for hydroxylation is 1. The number of rotatable bonds is 4. The highest BCUT2D eigenvalue weighted by Crippen LogP contribution is 2.12. The summed E-state index contributed by atoms with van der Waals surface area (Å²) >= 11 is 0. The van der Waals surface area contributed by atoms with Crippen LogP contribution in [0.3, 0.4) is 0 Å². The molecule has 0 aliphatic rings. The van der Waals surface area contributed by atoms with E-state index in [4.69, 9.17) is 0 Å². The monoisotopic (exact) mass is 323 g/mol. The SMILES string of the molecule is COC(=O)c1ccc(NCc2cc(=O)n3c(C)cccc3n2)cc1. The van der Waals surface area contributed by atoms with Gasteiger partial charge in [-0.05, 0) is 43.3 Å². The van der Waals surface area contributed by atoms with Crippen molar-refractivity contribution < 1.29 is 9.53 Å². The Bertz CT molecular complexity index is 946. The number of methoxy groups -OCH3 is 1. The topological polar surface area (TPSA) is 72.7 Å². The Hall–Kier alpha value is -3.15. The fourth-order valence-electron chi connectivity index (χ4n) is 2.49. The van der Waals surface area contributed by atoms with Crippen molar-refractivity contribution in [3.8, 4) is 0 Å². The molecule has 3 aromatic rings. The summed E-state index contributed by atoms with van der Waals surface area (Å²) in [5.41, 5.74) is 3.34. The molecule has 1 aromatic carbocycles. The van der Waals surface area contributed by atoms with Crippen LogP contribution in [0.5, 0.6) is 0 Å². The molecule has 0 saturated heterocycles. The molecule has 0 aliphatic heterocycles. The molecule has 0 amide bonds. The Morgan fingerprint density at radius 3 is 2.67 bits per heavy atom. The van der Waals surface area contributed by atoms with Gasteiger partial charge in [0.05, 0.1) is 24.9 Å². The van der Waals surface area contributed by atoms with Crippen molar-refractivity contribution in [2.45, 2.75) is 13.5 Å². The fourth-order valence-corrected chi connectivity index (χ4v) is 2.49. The van der Waals surface area contributed by atoms with Crippen LogP contribution in [-0.2, 0) is 11.3 Å². The van der Waals surface area contributed by atoms with Crippen molar-refractivity contribution in [1.29, 1.82) is 0 Å². The van der Waals surface area contributed by atoms with E-state index in [9.17, 15) is 9.59 Å². The standard InChI is InChI=1S/C18H17N3O3/c1-12-4-3-5-16-20-15(10-17(22)21(12)16)11-19-14-8-6-13(7-9-14)18(23)24-2/h3-10,19H,11H2,1-2H3. The lowest BCUT2D eigenvalue weighted by Gasteiger charge is -2.09. The molecule has 2 aromatic heterocycles. The second-order valence-corrected chi connectivity index (χ2v) is 5.37. The number of ether oxygens (including phenoxy) is 1. The first kappa shape index (κ1) is 15.7. The summed E-state index contributed by atoms with van der Waals surface area (Å²) in [6.07, 6.45) is 0. The van der Waals surface area contributed by atoms with Crippen LogP contribution in [0.15, 0.2) is 53.3 Å². The van der Waals surface area contributed by atoms with Gasteiger partial charge >= 0.3 is 5.97 Å². The summed E-state index contributed by atoms with van der Waals surface area (Å²) in [5, 5.41) is 3.19. The summed E-state index contributed by atoms with van der Waals surface area (Å²) in [6, 6.07) is 14.0. The van der Waals surface area contributed by atoms with E-state index in [0.717, 1.165) is 11.4 Å². The van der Waals surface area contributed by atoms with Crippen LogP contribution in [0.1, 0.15) is 21.7 Å². The highest BCUT2D eigenvalue weighted by atomic mass is 16.5. The van der Waals surface area contributed by atoms with Crippen molar-refractivity contribution in [3.05, 3.63) is 75.8 Å². The lowest BCUT2D eigenvalue weighted by molar-refractivity contribution is 0.0601. The quantitative estimate of drug-likeness (QED) is 0.747. The Balaban J connectivity index is 1.78. The first-order valence-electron chi connectivity index (χ1n) is 7.49. The van der Waals surface area contributed by atoms with Crippen LogP contribution in [0, 0.1) is 6.92 Å². The molecule has 3 rings (SSSR count). The normalized spacial score (nSPS) is 10.6. The van der Waals surface area contributed by atoms with Gasteiger partial charge in [0.2, 0.25) is 0 Å². The molecule has 1 N–H and O–H groups in total. The third-order valence-corrected chi connectivity index (χ3v) is 3.71. The maximum atomic E-state index is 12.2. The third-order valence-electron chi connectivity index (χ3n) is 3.71. The molecule has 0 atom stereocenters. The van der Waals surface area contributed by atoms with E-state index < -0.39 is 0 Å². The zero-order valence-corrected chi connectivity index (χ0v) is 13.4. The minimum atomic E-state index is -0.374. The largest absolute Gasteiger partial charge is 0.465 e. The molecule has 0 bridgehead atoms. The molecule has 0 unspecified atom stereocenters. The van der Waals surface area contributed by atoms with Crippen LogP contribution in [0.4, 0.5) is 5.69 Å². The van der Waals surface area contributed by atoms with Crippen LogP contribution >= 0.6 is 0 Å². The molecule has 6 nitrogen and oxygen atoms in total. The van der Waals surface area contributed by atoms with Crippen molar-refractivity contribution in [1.82, 2.24) is 9.38 Å². The summed E-state index contributed by atoms with van der Waals surface area (Å²) in [4.78, 5) is 28.1. The first-order valence-corrected chi connectivity index (χ1v) is 7.49. The van der Waals surface area contributed by atoms with E-state index in [1.165, 1.54) is 13.2 Å². The number of carbonyl (C=O) groups is 1. The number of benzene rings is 1. The molecule has 0 radical (unpaired) electrons. The van der Waals surface area contributed by atoms with E-state index in [-0.39, 0.29) is 11.5 Å². The van der Waals surface area contributed by atoms with Crippen molar-refractivity contribution in [3.63, 3.8) is 0 Å². The molecule has 24 heavy (non-hydrogen) atoms. The number of nitrogens with zero attached hydrogens (tertiary/aromatic N) is 2. The van der Waals surface area contributed by atoms with E-state index in [1.807, 2.05) is 25.1 Å². The first-order chi connectivity index (χ1) is 11.6. The maximum absolute atomic E-state index is 12.2. The highest BCUT2D eigenvalue weighted by Gasteiger charge is 2.06. The Labute approximate surface area is 138 Å². The van der Waals surface area contributed by atoms with Crippen molar-refractivity contribution in [2.75, 3.05) is 12.4 Å². The lowest BCUT2D eigenvalue weighted by atomic mass is 10.2. The number of carbonyl (C=O) groups excluding carboxylic acids is 1. The fraction of sp³-hybridized carbons (Fsp3) is 0.167. The third kappa shape index (κ3) is 3.12. The molecule has 0 spiro atoms. The Kier molecular flexibility index (Phi) is 4.29. The number of hydrogen-bond donors (Lipinski definition) is 1. The van der Waals surface area contributed by atoms with Gasteiger partial charge in [-0.3, -0.25) is 9.20 Å².